The van der Waals surface area contributed by atoms with E-state index >= 15 is 0 Å². The summed E-state index contributed by atoms with van der Waals surface area (Å²) in [7, 11) is 0. The van der Waals surface area contributed by atoms with E-state index in [1.54, 1.807) is 0 Å². The van der Waals surface area contributed by atoms with Crippen molar-refractivity contribution in [3.8, 4) is 39.9 Å². The fourth-order valence-corrected chi connectivity index (χ4v) is 10.6. The molecule has 0 radical (unpaired) electrons. The molecule has 6 nitrogen and oxygen atoms in total. The van der Waals surface area contributed by atoms with Crippen LogP contribution in [0.3, 0.4) is 0 Å². The van der Waals surface area contributed by atoms with Crippen molar-refractivity contribution >= 4 is 109 Å². The number of para-hydroxylation sites is 2. The third kappa shape index (κ3) is 5.41. The van der Waals surface area contributed by atoms with Gasteiger partial charge >= 0.3 is 0 Å². The highest BCUT2D eigenvalue weighted by Crippen LogP contribution is 2.44. The van der Waals surface area contributed by atoms with Gasteiger partial charge in [-0.15, -0.1) is 0 Å². The van der Waals surface area contributed by atoms with Crippen molar-refractivity contribution < 1.29 is 8.83 Å². The number of furan rings is 2. The molecule has 15 rings (SSSR count). The lowest BCUT2D eigenvalue weighted by Crippen LogP contribution is -2.00. The Bertz CT molecular complexity index is 4500. The number of hydrogen-bond acceptors (Lipinski definition) is 5. The second-order valence-electron chi connectivity index (χ2n) is 17.5. The summed E-state index contributed by atoms with van der Waals surface area (Å²) in [6, 6.07) is 72.9. The average molecular weight is 855 g/mol. The van der Waals surface area contributed by atoms with E-state index in [0.29, 0.717) is 17.5 Å². The summed E-state index contributed by atoms with van der Waals surface area (Å²) in [6.45, 7) is 0. The predicted octanol–water partition coefficient (Wildman–Crippen LogP) is 16.4. The van der Waals surface area contributed by atoms with Crippen LogP contribution in [-0.2, 0) is 0 Å². The summed E-state index contributed by atoms with van der Waals surface area (Å²) >= 11 is 0. The molecular formula is C61H34N4O2. The van der Waals surface area contributed by atoms with Crippen molar-refractivity contribution in [3.63, 3.8) is 0 Å². The number of hydrogen-bond donors (Lipinski definition) is 0. The standard InChI is InChI=1S/C61H34N4O2/c1-2-13-36-28-41(25-24-35(36)12-1)59-62-60(64-61(63-59)47-22-11-21-46-44-19-9-10-23-54(44)67-58(46)47)42-26-27-55-50(31-42)57-45-20-8-7-18-43(45)53(34-56(57)66-55)65-51-32-39-16-5-3-14-37(39)29-48(51)49-30-38-15-4-6-17-40(38)33-52(49)65/h1-34H. The minimum atomic E-state index is 0.539. The molecule has 11 aromatic carbocycles. The number of benzene rings is 11. The van der Waals surface area contributed by atoms with Crippen molar-refractivity contribution in [2.45, 2.75) is 0 Å². The average Bonchev–Trinajstić information content (AvgIpc) is 4.05. The summed E-state index contributed by atoms with van der Waals surface area (Å²) < 4.78 is 15.8. The Hall–Kier alpha value is -9.13. The largest absolute Gasteiger partial charge is 0.456 e. The van der Waals surface area contributed by atoms with E-state index in [1.807, 2.05) is 30.3 Å². The van der Waals surface area contributed by atoms with Gasteiger partial charge in [0.1, 0.15) is 22.3 Å². The van der Waals surface area contributed by atoms with Crippen LogP contribution >= 0.6 is 0 Å². The highest BCUT2D eigenvalue weighted by Gasteiger charge is 2.22. The molecule has 0 fully saturated rings. The lowest BCUT2D eigenvalue weighted by molar-refractivity contribution is 0.669. The van der Waals surface area contributed by atoms with Crippen molar-refractivity contribution in [3.05, 3.63) is 206 Å². The van der Waals surface area contributed by atoms with Gasteiger partial charge in [0.05, 0.1) is 22.3 Å². The van der Waals surface area contributed by atoms with Gasteiger partial charge in [0.25, 0.3) is 0 Å². The minimum Gasteiger partial charge on any atom is -0.456 e. The predicted molar refractivity (Wildman–Crippen MR) is 275 cm³/mol. The van der Waals surface area contributed by atoms with Gasteiger partial charge in [-0.2, -0.15) is 0 Å². The van der Waals surface area contributed by atoms with E-state index in [4.69, 9.17) is 23.8 Å². The maximum absolute atomic E-state index is 6.88. The first kappa shape index (κ1) is 36.2. The topological polar surface area (TPSA) is 69.9 Å². The normalized spacial score (nSPS) is 12.2. The smallest absolute Gasteiger partial charge is 0.167 e. The Kier molecular flexibility index (Phi) is 7.40. The Labute approximate surface area is 381 Å². The summed E-state index contributed by atoms with van der Waals surface area (Å²) in [5.74, 6) is 1.68. The van der Waals surface area contributed by atoms with Crippen LogP contribution in [0.4, 0.5) is 0 Å². The summed E-state index contributed by atoms with van der Waals surface area (Å²) in [6.07, 6.45) is 0. The fourth-order valence-electron chi connectivity index (χ4n) is 10.6. The summed E-state index contributed by atoms with van der Waals surface area (Å²) in [4.78, 5) is 15.7. The van der Waals surface area contributed by atoms with Crippen LogP contribution in [0, 0.1) is 0 Å². The summed E-state index contributed by atoms with van der Waals surface area (Å²) in [5, 5.41) is 15.9. The molecule has 4 heterocycles. The molecule has 67 heavy (non-hydrogen) atoms. The van der Waals surface area contributed by atoms with Gasteiger partial charge in [0.2, 0.25) is 0 Å². The van der Waals surface area contributed by atoms with E-state index in [0.717, 1.165) is 98.8 Å². The minimum absolute atomic E-state index is 0.539. The highest BCUT2D eigenvalue weighted by molar-refractivity contribution is 6.23. The van der Waals surface area contributed by atoms with Gasteiger partial charge < -0.3 is 13.4 Å². The van der Waals surface area contributed by atoms with Gasteiger partial charge in [0, 0.05) is 54.9 Å². The third-order valence-electron chi connectivity index (χ3n) is 13.7. The van der Waals surface area contributed by atoms with Crippen molar-refractivity contribution in [2.24, 2.45) is 0 Å². The van der Waals surface area contributed by atoms with Crippen molar-refractivity contribution in [2.75, 3.05) is 0 Å². The molecule has 6 heteroatoms. The van der Waals surface area contributed by atoms with Gasteiger partial charge in [-0.05, 0) is 98.4 Å². The molecule has 0 atom stereocenters. The number of rotatable bonds is 4. The molecule has 0 bridgehead atoms. The van der Waals surface area contributed by atoms with Gasteiger partial charge in [-0.3, -0.25) is 0 Å². The van der Waals surface area contributed by atoms with E-state index < -0.39 is 0 Å². The fraction of sp³-hybridized carbons (Fsp3) is 0. The zero-order valence-electron chi connectivity index (χ0n) is 35.7. The van der Waals surface area contributed by atoms with Gasteiger partial charge in [-0.25, -0.2) is 15.0 Å². The summed E-state index contributed by atoms with van der Waals surface area (Å²) in [5.41, 5.74) is 9.09. The highest BCUT2D eigenvalue weighted by atomic mass is 16.3. The SMILES string of the molecule is c1ccc2cc(-c3nc(-c4ccc5oc6cc(-n7c8cc9ccccc9cc8c8cc9ccccc9cc87)c7ccccc7c6c5c4)nc(-c4cccc5c4oc4ccccc45)n3)ccc2c1. The van der Waals surface area contributed by atoms with E-state index in [1.165, 1.54) is 32.3 Å². The van der Waals surface area contributed by atoms with Crippen LogP contribution in [0.15, 0.2) is 215 Å². The molecule has 0 saturated heterocycles. The number of aromatic nitrogens is 4. The first-order chi connectivity index (χ1) is 33.2. The van der Waals surface area contributed by atoms with E-state index in [9.17, 15) is 0 Å². The number of fused-ring (bicyclic) bond motifs is 14. The monoisotopic (exact) mass is 854 g/mol. The Morgan fingerprint density at radius 2 is 0.851 bits per heavy atom. The Morgan fingerprint density at radius 1 is 0.313 bits per heavy atom. The molecule has 15 aromatic rings. The molecule has 0 unspecified atom stereocenters. The van der Waals surface area contributed by atoms with Crippen LogP contribution in [0.25, 0.3) is 149 Å². The molecule has 0 aliphatic heterocycles. The van der Waals surface area contributed by atoms with E-state index in [2.05, 4.69) is 180 Å². The van der Waals surface area contributed by atoms with Crippen molar-refractivity contribution in [1.29, 1.82) is 0 Å². The maximum Gasteiger partial charge on any atom is 0.167 e. The van der Waals surface area contributed by atoms with Crippen LogP contribution in [0.1, 0.15) is 0 Å². The molecule has 0 N–H and O–H groups in total. The molecule has 0 saturated carbocycles. The second kappa shape index (κ2) is 13.7. The van der Waals surface area contributed by atoms with Crippen LogP contribution < -0.4 is 0 Å². The molecule has 0 amide bonds. The lowest BCUT2D eigenvalue weighted by Gasteiger charge is -2.13. The molecular weight excluding hydrogens is 821 g/mol. The Balaban J connectivity index is 0.966. The lowest BCUT2D eigenvalue weighted by atomic mass is 10.0. The second-order valence-corrected chi connectivity index (χ2v) is 17.5. The first-order valence-electron chi connectivity index (χ1n) is 22.6. The first-order valence-corrected chi connectivity index (χ1v) is 22.6. The molecule has 4 aromatic heterocycles. The van der Waals surface area contributed by atoms with Gasteiger partial charge in [-0.1, -0.05) is 140 Å². The van der Waals surface area contributed by atoms with E-state index in [-0.39, 0.29) is 0 Å². The maximum atomic E-state index is 6.88. The molecule has 0 aliphatic rings. The third-order valence-corrected chi connectivity index (χ3v) is 13.7. The zero-order valence-corrected chi connectivity index (χ0v) is 35.7. The van der Waals surface area contributed by atoms with Gasteiger partial charge in [0.15, 0.2) is 17.5 Å². The molecule has 310 valence electrons. The molecule has 0 spiro atoms. The molecule has 0 aliphatic carbocycles. The van der Waals surface area contributed by atoms with Crippen LogP contribution in [0.2, 0.25) is 0 Å². The Morgan fingerprint density at radius 3 is 1.57 bits per heavy atom. The van der Waals surface area contributed by atoms with Crippen LogP contribution in [-0.4, -0.2) is 19.5 Å². The quantitative estimate of drug-likeness (QED) is 0.176. The zero-order chi connectivity index (χ0) is 43.7. The number of nitrogens with zero attached hydrogens (tertiary/aromatic N) is 4. The van der Waals surface area contributed by atoms with Crippen molar-refractivity contribution in [1.82, 2.24) is 19.5 Å². The van der Waals surface area contributed by atoms with Crippen LogP contribution in [0.5, 0.6) is 0 Å².